The fraction of sp³-hybridized carbons (Fsp3) is 0.154. The summed E-state index contributed by atoms with van der Waals surface area (Å²) in [5, 5.41) is 4.33. The van der Waals surface area contributed by atoms with Crippen LogP contribution in [0.1, 0.15) is 25.6 Å². The van der Waals surface area contributed by atoms with Crippen molar-refractivity contribution in [3.05, 3.63) is 98.4 Å². The average molecular weight is 535 g/mol. The van der Waals surface area contributed by atoms with Crippen molar-refractivity contribution in [1.82, 2.24) is 19.5 Å². The van der Waals surface area contributed by atoms with Gasteiger partial charge in [-0.3, -0.25) is 14.2 Å². The first-order valence-corrected chi connectivity index (χ1v) is 13.6. The van der Waals surface area contributed by atoms with Crippen LogP contribution in [-0.2, 0) is 9.73 Å². The molecule has 0 spiro atoms. The van der Waals surface area contributed by atoms with E-state index in [1.807, 2.05) is 6.07 Å². The minimum Gasteiger partial charge on any atom is -0.361 e. The number of aromatic amines is 1. The van der Waals surface area contributed by atoms with E-state index in [2.05, 4.69) is 20.3 Å². The maximum Gasteiger partial charge on any atom is 0.264 e. The van der Waals surface area contributed by atoms with Crippen LogP contribution in [0.2, 0.25) is 5.02 Å². The summed E-state index contributed by atoms with van der Waals surface area (Å²) in [6.07, 6.45) is 2.85. The summed E-state index contributed by atoms with van der Waals surface area (Å²) in [6, 6.07) is 14.6. The first-order chi connectivity index (χ1) is 17.7. The summed E-state index contributed by atoms with van der Waals surface area (Å²) < 4.78 is 23.0. The van der Waals surface area contributed by atoms with E-state index in [4.69, 9.17) is 16.4 Å². The number of hydrogen-bond donors (Lipinski definition) is 3. The lowest BCUT2D eigenvalue weighted by Gasteiger charge is -2.24. The quantitative estimate of drug-likeness (QED) is 0.284. The van der Waals surface area contributed by atoms with Crippen molar-refractivity contribution >= 4 is 49.0 Å². The lowest BCUT2D eigenvalue weighted by Crippen LogP contribution is -2.27. The van der Waals surface area contributed by atoms with Gasteiger partial charge in [-0.15, -0.1) is 0 Å². The van der Waals surface area contributed by atoms with E-state index in [1.54, 1.807) is 56.3 Å². The van der Waals surface area contributed by atoms with E-state index in [0.29, 0.717) is 22.4 Å². The highest BCUT2D eigenvalue weighted by atomic mass is 35.5. The number of benzene rings is 2. The third-order valence-corrected chi connectivity index (χ3v) is 8.49. The summed E-state index contributed by atoms with van der Waals surface area (Å²) >= 11 is 6.99. The molecule has 0 saturated heterocycles. The Morgan fingerprint density at radius 1 is 1.08 bits per heavy atom. The van der Waals surface area contributed by atoms with Gasteiger partial charge in [-0.1, -0.05) is 48.9 Å². The first kappa shape index (κ1) is 24.7. The molecule has 0 amide bonds. The zero-order chi connectivity index (χ0) is 26.3. The molecule has 0 aliphatic rings. The molecule has 3 heterocycles. The van der Waals surface area contributed by atoms with Crippen molar-refractivity contribution in [2.24, 2.45) is 0 Å². The maximum atomic E-state index is 14.1. The molecule has 9 nitrogen and oxygen atoms in total. The van der Waals surface area contributed by atoms with Crippen molar-refractivity contribution in [3.63, 3.8) is 0 Å². The summed E-state index contributed by atoms with van der Waals surface area (Å²) in [5.74, 6) is 0.347. The molecule has 0 fully saturated rings. The largest absolute Gasteiger partial charge is 0.361 e. The zero-order valence-corrected chi connectivity index (χ0v) is 21.6. The van der Waals surface area contributed by atoms with Crippen molar-refractivity contribution in [2.45, 2.75) is 24.8 Å². The molecule has 5 rings (SSSR count). The highest BCUT2D eigenvalue weighted by Gasteiger charge is 2.25. The second-order valence-electron chi connectivity index (χ2n) is 8.47. The van der Waals surface area contributed by atoms with Gasteiger partial charge in [0, 0.05) is 29.1 Å². The van der Waals surface area contributed by atoms with E-state index in [1.165, 1.54) is 23.2 Å². The highest BCUT2D eigenvalue weighted by Crippen LogP contribution is 2.35. The van der Waals surface area contributed by atoms with Crippen molar-refractivity contribution in [3.8, 4) is 5.69 Å². The Kier molecular flexibility index (Phi) is 6.30. The molecule has 0 unspecified atom stereocenters. The third-order valence-electron chi connectivity index (χ3n) is 6.23. The molecule has 3 aromatic heterocycles. The fourth-order valence-corrected chi connectivity index (χ4v) is 5.97. The highest BCUT2D eigenvalue weighted by molar-refractivity contribution is 7.92. The Morgan fingerprint density at radius 2 is 1.84 bits per heavy atom. The summed E-state index contributed by atoms with van der Waals surface area (Å²) in [7, 11) is -3.22. The molecule has 37 heavy (non-hydrogen) atoms. The van der Waals surface area contributed by atoms with E-state index in [9.17, 15) is 13.8 Å². The summed E-state index contributed by atoms with van der Waals surface area (Å²) in [6.45, 7) is 3.46. The number of nitrogens with one attached hydrogen (secondary N) is 3. The molecule has 2 aromatic carbocycles. The van der Waals surface area contributed by atoms with Gasteiger partial charge in [0.05, 0.1) is 36.8 Å². The molecule has 11 heteroatoms. The Morgan fingerprint density at radius 3 is 2.57 bits per heavy atom. The minimum atomic E-state index is -3.22. The van der Waals surface area contributed by atoms with E-state index < -0.39 is 21.3 Å². The van der Waals surface area contributed by atoms with Gasteiger partial charge < -0.3 is 10.3 Å². The molecule has 3 N–H and O–H groups in total. The second-order valence-corrected chi connectivity index (χ2v) is 11.2. The minimum absolute atomic E-state index is 0.0591. The van der Waals surface area contributed by atoms with Crippen molar-refractivity contribution in [1.29, 1.82) is 4.78 Å². The van der Waals surface area contributed by atoms with Gasteiger partial charge in [-0.2, -0.15) is 0 Å². The number of nitrogens with zero attached hydrogens (tertiary/aromatic N) is 3. The van der Waals surface area contributed by atoms with Crippen LogP contribution < -0.4 is 16.3 Å². The monoisotopic (exact) mass is 534 g/mol. The number of pyridine rings is 2. The van der Waals surface area contributed by atoms with Gasteiger partial charge in [-0.25, -0.2) is 19.0 Å². The lowest BCUT2D eigenvalue weighted by atomic mass is 10.1. The molecule has 0 radical (unpaired) electrons. The summed E-state index contributed by atoms with van der Waals surface area (Å²) in [5.41, 5.74) is 0.645. The number of rotatable bonds is 6. The standard InChI is InChI=1S/C26H23ClN6O3S/c1-3-37(28,36)19-11-7-10-17-20(19)26(35)33(16-8-5-4-6-9-16)23(22(17)27)15(2)32-25-21-18(34)12-13-29-24(21)30-14-31-25/h4-15,28H,3H2,1-2H3,(H2,29,30,31,32,34)/t15-,37-/m0/s1. The normalized spacial score (nSPS) is 13.9. The van der Waals surface area contributed by atoms with Crippen LogP contribution in [0.4, 0.5) is 5.82 Å². The number of fused-ring (bicyclic) bond motifs is 2. The van der Waals surface area contributed by atoms with E-state index >= 15 is 0 Å². The van der Waals surface area contributed by atoms with Crippen LogP contribution in [-0.4, -0.2) is 29.5 Å². The van der Waals surface area contributed by atoms with Crippen LogP contribution in [0.25, 0.3) is 27.5 Å². The maximum absolute atomic E-state index is 14.1. The Labute approximate surface area is 217 Å². The van der Waals surface area contributed by atoms with Crippen molar-refractivity contribution in [2.75, 3.05) is 11.1 Å². The van der Waals surface area contributed by atoms with Gasteiger partial charge in [0.1, 0.15) is 23.2 Å². The van der Waals surface area contributed by atoms with Gasteiger partial charge >= 0.3 is 0 Å². The SMILES string of the molecule is CC[S@](=N)(=O)c1cccc2c(Cl)c([C@H](C)Nc3ncnc4[nH]ccc(=O)c34)n(-c3ccccc3)c(=O)c12. The number of hydrogen-bond acceptors (Lipinski definition) is 7. The van der Waals surface area contributed by atoms with Gasteiger partial charge in [-0.05, 0) is 25.1 Å². The van der Waals surface area contributed by atoms with Crippen molar-refractivity contribution < 1.29 is 4.21 Å². The lowest BCUT2D eigenvalue weighted by molar-refractivity contribution is 0.676. The van der Waals surface area contributed by atoms with E-state index in [-0.39, 0.29) is 37.7 Å². The Bertz CT molecular complexity index is 1880. The zero-order valence-electron chi connectivity index (χ0n) is 20.0. The second kappa shape index (κ2) is 9.45. The smallest absolute Gasteiger partial charge is 0.264 e. The van der Waals surface area contributed by atoms with Crippen LogP contribution in [0, 0.1) is 4.78 Å². The molecule has 2 atom stereocenters. The van der Waals surface area contributed by atoms with Crippen LogP contribution >= 0.6 is 11.6 Å². The van der Waals surface area contributed by atoms with Crippen LogP contribution in [0.3, 0.4) is 0 Å². The molecule has 188 valence electrons. The first-order valence-electron chi connectivity index (χ1n) is 11.5. The summed E-state index contributed by atoms with van der Waals surface area (Å²) in [4.78, 5) is 38.2. The number of halogens is 1. The van der Waals surface area contributed by atoms with Gasteiger partial charge in [0.15, 0.2) is 5.43 Å². The number of anilines is 1. The van der Waals surface area contributed by atoms with E-state index in [0.717, 1.165) is 0 Å². The fourth-order valence-electron chi connectivity index (χ4n) is 4.43. The Balaban J connectivity index is 1.82. The molecular weight excluding hydrogens is 512 g/mol. The topological polar surface area (TPSA) is 134 Å². The average Bonchev–Trinajstić information content (AvgIpc) is 2.90. The van der Waals surface area contributed by atoms with Gasteiger partial charge in [0.25, 0.3) is 5.56 Å². The predicted octanol–water partition coefficient (Wildman–Crippen LogP) is 4.87. The molecule has 5 aromatic rings. The Hall–Kier alpha value is -4.02. The predicted molar refractivity (Wildman–Crippen MR) is 146 cm³/mol. The van der Waals surface area contributed by atoms with Crippen LogP contribution in [0.15, 0.2) is 81.6 Å². The molecular formula is C26H23ClN6O3S. The molecule has 0 bridgehead atoms. The van der Waals surface area contributed by atoms with Gasteiger partial charge in [0.2, 0.25) is 0 Å². The van der Waals surface area contributed by atoms with Crippen LogP contribution in [0.5, 0.6) is 0 Å². The molecule has 0 aliphatic carbocycles. The number of H-pyrrole nitrogens is 1. The third kappa shape index (κ3) is 4.17. The number of aromatic nitrogens is 4. The molecule has 0 saturated carbocycles. The molecule has 0 aliphatic heterocycles. The number of para-hydroxylation sites is 1.